The Hall–Kier alpha value is -4.19. The minimum atomic E-state index is -0.828. The predicted octanol–water partition coefficient (Wildman–Crippen LogP) is 22.8. The molecule has 6 heteroatoms. The molecule has 0 aromatic carbocycles. The monoisotopic (exact) mass is 1090 g/mol. The molecule has 0 radical (unpaired) electrons. The van der Waals surface area contributed by atoms with Crippen LogP contribution in [0.3, 0.4) is 0 Å². The molecule has 0 saturated carbocycles. The van der Waals surface area contributed by atoms with Crippen molar-refractivity contribution < 1.29 is 28.6 Å². The number of rotatable bonds is 59. The lowest BCUT2D eigenvalue weighted by molar-refractivity contribution is -0.166. The fourth-order valence-electron chi connectivity index (χ4n) is 9.00. The fraction of sp³-hybridized carbons (Fsp3) is 0.685. The van der Waals surface area contributed by atoms with Gasteiger partial charge >= 0.3 is 17.9 Å². The van der Waals surface area contributed by atoms with Crippen molar-refractivity contribution in [3.8, 4) is 0 Å². The Morgan fingerprint density at radius 2 is 0.519 bits per heavy atom. The van der Waals surface area contributed by atoms with Crippen LogP contribution in [-0.2, 0) is 28.6 Å². The number of carbonyl (C=O) groups excluding carboxylic acids is 3. The molecule has 6 nitrogen and oxygen atoms in total. The van der Waals surface area contributed by atoms with Crippen molar-refractivity contribution in [2.45, 2.75) is 309 Å². The summed E-state index contributed by atoms with van der Waals surface area (Å²) < 4.78 is 16.9. The summed E-state index contributed by atoms with van der Waals surface area (Å²) in [5.41, 5.74) is 0. The smallest absolute Gasteiger partial charge is 0.306 e. The molecule has 0 heterocycles. The zero-order valence-corrected chi connectivity index (χ0v) is 51.6. The van der Waals surface area contributed by atoms with Crippen LogP contribution >= 0.6 is 0 Å². The highest BCUT2D eigenvalue weighted by molar-refractivity contribution is 5.71. The van der Waals surface area contributed by atoms with Gasteiger partial charge in [-0.1, -0.05) is 284 Å². The minimum Gasteiger partial charge on any atom is -0.462 e. The number of allylic oxidation sites excluding steroid dienone is 20. The van der Waals surface area contributed by atoms with Gasteiger partial charge in [-0.05, 0) is 122 Å². The summed E-state index contributed by atoms with van der Waals surface area (Å²) in [7, 11) is 0. The standard InChI is InChI=1S/C73H122O6/c1-4-7-10-13-16-19-22-25-28-31-34-35-36-37-40-42-45-48-51-54-57-60-63-66-72(75)78-69-70(79-73(76)67-64-61-58-55-52-49-46-43-39-33-30-27-24-21-18-15-12-9-6-3)68-77-71(74)65-62-59-56-53-50-47-44-41-38-32-29-26-23-20-17-14-11-8-5-2/h9,12,18,21-22,25-27,29-31,34,36-37,39,43,49,52,58,61,70H,4-8,10-11,13-17,19-20,23-24,28,32-33,35,38,40-42,44-48,50-51,53-57,59-60,62-69H2,1-3H3/b12-9-,21-18-,25-22-,29-26-,30-27-,34-31-,37-36-,43-39-,52-49-,61-58-. The molecule has 0 rings (SSSR count). The molecule has 0 aliphatic heterocycles. The number of hydrogen-bond donors (Lipinski definition) is 0. The van der Waals surface area contributed by atoms with E-state index in [1.54, 1.807) is 0 Å². The zero-order valence-electron chi connectivity index (χ0n) is 51.6. The fourth-order valence-corrected chi connectivity index (χ4v) is 9.00. The highest BCUT2D eigenvalue weighted by Gasteiger charge is 2.19. The van der Waals surface area contributed by atoms with Crippen molar-refractivity contribution in [3.05, 3.63) is 122 Å². The van der Waals surface area contributed by atoms with Gasteiger partial charge in [-0.2, -0.15) is 0 Å². The summed E-state index contributed by atoms with van der Waals surface area (Å²) >= 11 is 0. The summed E-state index contributed by atoms with van der Waals surface area (Å²) in [5.74, 6) is -1.00. The van der Waals surface area contributed by atoms with Crippen LogP contribution in [0.2, 0.25) is 0 Å². The minimum absolute atomic E-state index is 0.113. The van der Waals surface area contributed by atoms with Crippen LogP contribution in [-0.4, -0.2) is 37.2 Å². The third-order valence-electron chi connectivity index (χ3n) is 13.9. The van der Waals surface area contributed by atoms with Crippen LogP contribution in [0.5, 0.6) is 0 Å². The average molecular weight is 1100 g/mol. The Kier molecular flexibility index (Phi) is 62.8. The first-order chi connectivity index (χ1) is 39.0. The van der Waals surface area contributed by atoms with Crippen molar-refractivity contribution in [1.29, 1.82) is 0 Å². The molecular weight excluding hydrogens is 973 g/mol. The van der Waals surface area contributed by atoms with E-state index in [1.807, 2.05) is 6.08 Å². The van der Waals surface area contributed by atoms with Gasteiger partial charge < -0.3 is 14.2 Å². The molecule has 1 unspecified atom stereocenters. The molecule has 0 N–H and O–H groups in total. The third-order valence-corrected chi connectivity index (χ3v) is 13.9. The van der Waals surface area contributed by atoms with Gasteiger partial charge in [0.2, 0.25) is 0 Å². The van der Waals surface area contributed by atoms with E-state index < -0.39 is 12.1 Å². The second kappa shape index (κ2) is 66.3. The van der Waals surface area contributed by atoms with E-state index in [-0.39, 0.29) is 31.6 Å². The topological polar surface area (TPSA) is 78.9 Å². The van der Waals surface area contributed by atoms with Crippen LogP contribution in [0.25, 0.3) is 0 Å². The lowest BCUT2D eigenvalue weighted by Crippen LogP contribution is -2.30. The first-order valence-electron chi connectivity index (χ1n) is 33.0. The van der Waals surface area contributed by atoms with E-state index in [0.29, 0.717) is 19.3 Å². The summed E-state index contributed by atoms with van der Waals surface area (Å²) in [6.07, 6.45) is 92.1. The summed E-state index contributed by atoms with van der Waals surface area (Å²) in [5, 5.41) is 0. The normalized spacial score (nSPS) is 12.9. The lowest BCUT2D eigenvalue weighted by atomic mass is 10.1. The Morgan fingerprint density at radius 3 is 0.835 bits per heavy atom. The predicted molar refractivity (Wildman–Crippen MR) is 343 cm³/mol. The van der Waals surface area contributed by atoms with Gasteiger partial charge in [-0.25, -0.2) is 0 Å². The van der Waals surface area contributed by atoms with E-state index in [4.69, 9.17) is 14.2 Å². The molecule has 0 saturated heterocycles. The molecule has 0 fully saturated rings. The third kappa shape index (κ3) is 64.5. The molecule has 0 aliphatic carbocycles. The molecule has 0 spiro atoms. The van der Waals surface area contributed by atoms with Crippen molar-refractivity contribution in [1.82, 2.24) is 0 Å². The van der Waals surface area contributed by atoms with E-state index in [0.717, 1.165) is 96.3 Å². The van der Waals surface area contributed by atoms with Crippen LogP contribution in [0.15, 0.2) is 122 Å². The van der Waals surface area contributed by atoms with Gasteiger partial charge in [-0.15, -0.1) is 0 Å². The Morgan fingerprint density at radius 1 is 0.266 bits per heavy atom. The number of esters is 3. The Labute approximate surface area is 488 Å². The second-order valence-electron chi connectivity index (χ2n) is 21.6. The molecule has 0 aromatic heterocycles. The molecule has 79 heavy (non-hydrogen) atoms. The highest BCUT2D eigenvalue weighted by atomic mass is 16.6. The van der Waals surface area contributed by atoms with Crippen LogP contribution in [0.4, 0.5) is 0 Å². The van der Waals surface area contributed by atoms with E-state index in [2.05, 4.69) is 136 Å². The number of unbranched alkanes of at least 4 members (excludes halogenated alkanes) is 28. The van der Waals surface area contributed by atoms with E-state index >= 15 is 0 Å². The number of carbonyl (C=O) groups is 3. The van der Waals surface area contributed by atoms with Gasteiger partial charge in [0.15, 0.2) is 6.10 Å². The van der Waals surface area contributed by atoms with Gasteiger partial charge in [0.1, 0.15) is 13.2 Å². The zero-order chi connectivity index (χ0) is 57.1. The highest BCUT2D eigenvalue weighted by Crippen LogP contribution is 2.15. The molecule has 0 aromatic rings. The van der Waals surface area contributed by atoms with Crippen molar-refractivity contribution in [2.24, 2.45) is 0 Å². The SMILES string of the molecule is CC/C=C\C/C=C\C/C=C\C/C=C\C/C=C\C/C=C\CCC(=O)OC(COC(=O)CCCCCCCCCC/C=C\C/C=C\C/C=C\CCCCCCC)COC(=O)CCCCCCCCCCC/C=C\CCCCCCCC. The van der Waals surface area contributed by atoms with Gasteiger partial charge in [0.05, 0.1) is 0 Å². The summed E-state index contributed by atoms with van der Waals surface area (Å²) in [6.45, 7) is 6.46. The van der Waals surface area contributed by atoms with Crippen LogP contribution in [0.1, 0.15) is 303 Å². The molecule has 1 atom stereocenters. The van der Waals surface area contributed by atoms with Crippen LogP contribution in [0, 0.1) is 0 Å². The Bertz CT molecular complexity index is 1640. The van der Waals surface area contributed by atoms with Crippen molar-refractivity contribution in [2.75, 3.05) is 13.2 Å². The van der Waals surface area contributed by atoms with E-state index in [9.17, 15) is 14.4 Å². The lowest BCUT2D eigenvalue weighted by Gasteiger charge is -2.18. The maximum absolute atomic E-state index is 12.9. The summed E-state index contributed by atoms with van der Waals surface area (Å²) in [4.78, 5) is 38.4. The molecule has 0 bridgehead atoms. The average Bonchev–Trinajstić information content (AvgIpc) is 3.45. The number of hydrogen-bond acceptors (Lipinski definition) is 6. The first kappa shape index (κ1) is 74.8. The van der Waals surface area contributed by atoms with E-state index in [1.165, 1.54) is 161 Å². The largest absolute Gasteiger partial charge is 0.462 e. The van der Waals surface area contributed by atoms with Crippen molar-refractivity contribution in [3.63, 3.8) is 0 Å². The summed E-state index contributed by atoms with van der Waals surface area (Å²) in [6, 6.07) is 0. The maximum atomic E-state index is 12.9. The molecule has 0 amide bonds. The molecular formula is C73H122O6. The van der Waals surface area contributed by atoms with Crippen LogP contribution < -0.4 is 0 Å². The first-order valence-corrected chi connectivity index (χ1v) is 33.0. The second-order valence-corrected chi connectivity index (χ2v) is 21.6. The molecule has 0 aliphatic rings. The maximum Gasteiger partial charge on any atom is 0.306 e. The van der Waals surface area contributed by atoms with Gasteiger partial charge in [0, 0.05) is 19.3 Å². The number of ether oxygens (including phenoxy) is 3. The van der Waals surface area contributed by atoms with Crippen molar-refractivity contribution >= 4 is 17.9 Å². The van der Waals surface area contributed by atoms with Gasteiger partial charge in [0.25, 0.3) is 0 Å². The quantitative estimate of drug-likeness (QED) is 0.0261. The molecule has 450 valence electrons. The van der Waals surface area contributed by atoms with Gasteiger partial charge in [-0.3, -0.25) is 14.4 Å². The Balaban J connectivity index is 4.49.